The fraction of sp³-hybridized carbons (Fsp3) is 0.923. The Balaban J connectivity index is 1.74. The molecule has 92 valence electrons. The maximum Gasteiger partial charge on any atom is 0.172 e. The molecule has 2 rings (SSSR count). The van der Waals surface area contributed by atoms with Crippen molar-refractivity contribution in [1.82, 2.24) is 4.90 Å². The van der Waals surface area contributed by atoms with Gasteiger partial charge in [0.15, 0.2) is 5.78 Å². The SMILES string of the molecule is COCC(=O)CN1CCC2(CCCC2)CC1. The second-order valence-corrected chi connectivity index (χ2v) is 5.45. The molecule has 1 aliphatic carbocycles. The van der Waals surface area contributed by atoms with E-state index in [0.29, 0.717) is 12.0 Å². The summed E-state index contributed by atoms with van der Waals surface area (Å²) in [7, 11) is 1.58. The second kappa shape index (κ2) is 5.28. The van der Waals surface area contributed by atoms with Crippen LogP contribution in [0, 0.1) is 5.41 Å². The third kappa shape index (κ3) is 2.83. The van der Waals surface area contributed by atoms with E-state index in [1.165, 1.54) is 38.5 Å². The van der Waals surface area contributed by atoms with Crippen molar-refractivity contribution >= 4 is 5.78 Å². The van der Waals surface area contributed by atoms with E-state index in [2.05, 4.69) is 4.90 Å². The molecule has 2 aliphatic rings. The van der Waals surface area contributed by atoms with E-state index in [0.717, 1.165) is 13.1 Å². The summed E-state index contributed by atoms with van der Waals surface area (Å²) in [6, 6.07) is 0. The van der Waals surface area contributed by atoms with Gasteiger partial charge in [-0.25, -0.2) is 0 Å². The van der Waals surface area contributed by atoms with Gasteiger partial charge >= 0.3 is 0 Å². The van der Waals surface area contributed by atoms with Crippen LogP contribution in [0.4, 0.5) is 0 Å². The predicted molar refractivity (Wildman–Crippen MR) is 63.5 cm³/mol. The van der Waals surface area contributed by atoms with Crippen molar-refractivity contribution < 1.29 is 9.53 Å². The van der Waals surface area contributed by atoms with Crippen molar-refractivity contribution in [2.45, 2.75) is 38.5 Å². The van der Waals surface area contributed by atoms with Gasteiger partial charge in [-0.2, -0.15) is 0 Å². The average Bonchev–Trinajstić information content (AvgIpc) is 2.71. The Labute approximate surface area is 98.1 Å². The van der Waals surface area contributed by atoms with E-state index in [1.807, 2.05) is 0 Å². The van der Waals surface area contributed by atoms with Crippen LogP contribution in [0.2, 0.25) is 0 Å². The van der Waals surface area contributed by atoms with E-state index < -0.39 is 0 Å². The van der Waals surface area contributed by atoms with Gasteiger partial charge in [-0.05, 0) is 44.2 Å². The highest BCUT2D eigenvalue weighted by Gasteiger charge is 2.36. The third-order valence-electron chi connectivity index (χ3n) is 4.29. The molecular formula is C13H23NO2. The number of rotatable bonds is 4. The van der Waals surface area contributed by atoms with E-state index >= 15 is 0 Å². The molecule has 0 unspecified atom stereocenters. The first-order valence-corrected chi connectivity index (χ1v) is 6.47. The summed E-state index contributed by atoms with van der Waals surface area (Å²) in [6.45, 7) is 3.07. The highest BCUT2D eigenvalue weighted by Crippen LogP contribution is 2.45. The van der Waals surface area contributed by atoms with Gasteiger partial charge in [0.2, 0.25) is 0 Å². The number of piperidine rings is 1. The summed E-state index contributed by atoms with van der Waals surface area (Å²) in [4.78, 5) is 13.8. The van der Waals surface area contributed by atoms with Crippen LogP contribution >= 0.6 is 0 Å². The van der Waals surface area contributed by atoms with Gasteiger partial charge in [0.25, 0.3) is 0 Å². The molecule has 0 bridgehead atoms. The molecule has 1 saturated heterocycles. The number of nitrogens with zero attached hydrogens (tertiary/aromatic N) is 1. The molecule has 1 aliphatic heterocycles. The summed E-state index contributed by atoms with van der Waals surface area (Å²) < 4.78 is 4.86. The fourth-order valence-corrected chi connectivity index (χ4v) is 3.27. The Kier molecular flexibility index (Phi) is 3.98. The van der Waals surface area contributed by atoms with Gasteiger partial charge in [0, 0.05) is 7.11 Å². The molecule has 3 nitrogen and oxygen atoms in total. The van der Waals surface area contributed by atoms with Crippen molar-refractivity contribution in [2.75, 3.05) is 33.4 Å². The van der Waals surface area contributed by atoms with Gasteiger partial charge in [0.1, 0.15) is 6.61 Å². The summed E-state index contributed by atoms with van der Waals surface area (Å²) in [5, 5.41) is 0. The van der Waals surface area contributed by atoms with Crippen LogP contribution in [0.15, 0.2) is 0 Å². The minimum absolute atomic E-state index is 0.213. The van der Waals surface area contributed by atoms with Crippen molar-refractivity contribution in [3.63, 3.8) is 0 Å². The molecular weight excluding hydrogens is 202 g/mol. The maximum atomic E-state index is 11.5. The number of methoxy groups -OCH3 is 1. The molecule has 0 atom stereocenters. The second-order valence-electron chi connectivity index (χ2n) is 5.45. The number of ketones is 1. The number of hydrogen-bond acceptors (Lipinski definition) is 3. The van der Waals surface area contributed by atoms with Crippen LogP contribution in [0.3, 0.4) is 0 Å². The van der Waals surface area contributed by atoms with E-state index in [-0.39, 0.29) is 12.4 Å². The molecule has 1 saturated carbocycles. The number of carbonyl (C=O) groups is 1. The van der Waals surface area contributed by atoms with Crippen LogP contribution in [0.25, 0.3) is 0 Å². The lowest BCUT2D eigenvalue weighted by Gasteiger charge is -2.39. The molecule has 3 heteroatoms. The molecule has 0 aromatic carbocycles. The van der Waals surface area contributed by atoms with Gasteiger partial charge in [-0.15, -0.1) is 0 Å². The topological polar surface area (TPSA) is 29.5 Å². The standard InChI is InChI=1S/C13H23NO2/c1-16-11-12(15)10-14-8-6-13(7-9-14)4-2-3-5-13/h2-11H2,1H3. The Bertz CT molecular complexity index is 236. The minimum atomic E-state index is 0.213. The Morgan fingerprint density at radius 1 is 1.19 bits per heavy atom. The normalized spacial score (nSPS) is 25.1. The number of ether oxygens (including phenoxy) is 1. The molecule has 0 radical (unpaired) electrons. The molecule has 0 aromatic heterocycles. The molecule has 0 aromatic rings. The van der Waals surface area contributed by atoms with Crippen LogP contribution in [-0.2, 0) is 9.53 Å². The van der Waals surface area contributed by atoms with Crippen molar-refractivity contribution in [3.8, 4) is 0 Å². The molecule has 0 N–H and O–H groups in total. The zero-order chi connectivity index (χ0) is 11.4. The number of carbonyl (C=O) groups excluding carboxylic acids is 1. The quantitative estimate of drug-likeness (QED) is 0.731. The van der Waals surface area contributed by atoms with Crippen molar-refractivity contribution in [1.29, 1.82) is 0 Å². The fourth-order valence-electron chi connectivity index (χ4n) is 3.27. The monoisotopic (exact) mass is 225 g/mol. The lowest BCUT2D eigenvalue weighted by molar-refractivity contribution is -0.124. The zero-order valence-electron chi connectivity index (χ0n) is 10.3. The van der Waals surface area contributed by atoms with E-state index in [4.69, 9.17) is 4.74 Å². The molecule has 0 amide bonds. The Hall–Kier alpha value is -0.410. The highest BCUT2D eigenvalue weighted by molar-refractivity contribution is 5.81. The maximum absolute atomic E-state index is 11.5. The van der Waals surface area contributed by atoms with Crippen LogP contribution < -0.4 is 0 Å². The average molecular weight is 225 g/mol. The minimum Gasteiger partial charge on any atom is -0.377 e. The summed E-state index contributed by atoms with van der Waals surface area (Å²) >= 11 is 0. The Morgan fingerprint density at radius 2 is 1.81 bits per heavy atom. The smallest absolute Gasteiger partial charge is 0.172 e. The molecule has 2 fully saturated rings. The zero-order valence-corrected chi connectivity index (χ0v) is 10.3. The third-order valence-corrected chi connectivity index (χ3v) is 4.29. The van der Waals surface area contributed by atoms with E-state index in [9.17, 15) is 4.79 Å². The highest BCUT2D eigenvalue weighted by atomic mass is 16.5. The van der Waals surface area contributed by atoms with Crippen molar-refractivity contribution in [3.05, 3.63) is 0 Å². The molecule has 16 heavy (non-hydrogen) atoms. The van der Waals surface area contributed by atoms with Gasteiger partial charge < -0.3 is 4.74 Å². The summed E-state index contributed by atoms with van der Waals surface area (Å²) in [6.07, 6.45) is 8.28. The summed E-state index contributed by atoms with van der Waals surface area (Å²) in [5.41, 5.74) is 0.654. The first kappa shape index (κ1) is 12.1. The van der Waals surface area contributed by atoms with Gasteiger partial charge in [-0.3, -0.25) is 9.69 Å². The lowest BCUT2D eigenvalue weighted by Crippen LogP contribution is -2.41. The Morgan fingerprint density at radius 3 is 2.38 bits per heavy atom. The molecule has 1 heterocycles. The van der Waals surface area contributed by atoms with Crippen LogP contribution in [-0.4, -0.2) is 44.0 Å². The predicted octanol–water partition coefficient (Wildman–Crippen LogP) is 1.86. The molecule has 1 spiro atoms. The number of hydrogen-bond donors (Lipinski definition) is 0. The number of Topliss-reactive ketones (excluding diaryl/α,β-unsaturated/α-hetero) is 1. The lowest BCUT2D eigenvalue weighted by atomic mass is 9.77. The largest absolute Gasteiger partial charge is 0.377 e. The first-order valence-electron chi connectivity index (χ1n) is 6.47. The van der Waals surface area contributed by atoms with Crippen molar-refractivity contribution in [2.24, 2.45) is 5.41 Å². The van der Waals surface area contributed by atoms with Crippen LogP contribution in [0.5, 0.6) is 0 Å². The van der Waals surface area contributed by atoms with Gasteiger partial charge in [0.05, 0.1) is 6.54 Å². The van der Waals surface area contributed by atoms with Crippen LogP contribution in [0.1, 0.15) is 38.5 Å². The number of likely N-dealkylation sites (tertiary alicyclic amines) is 1. The van der Waals surface area contributed by atoms with Gasteiger partial charge in [-0.1, -0.05) is 12.8 Å². The van der Waals surface area contributed by atoms with E-state index in [1.54, 1.807) is 7.11 Å². The first-order chi connectivity index (χ1) is 7.74. The summed E-state index contributed by atoms with van der Waals surface area (Å²) in [5.74, 6) is 0.213.